The molecule has 0 saturated heterocycles. The molecule has 0 bridgehead atoms. The first-order chi connectivity index (χ1) is 20.1. The lowest BCUT2D eigenvalue weighted by Gasteiger charge is -2.20. The number of amides is 2. The molecule has 0 aliphatic carbocycles. The largest absolute Gasteiger partial charge is 0.494 e. The van der Waals surface area contributed by atoms with Crippen LogP contribution in [0.1, 0.15) is 26.3 Å². The van der Waals surface area contributed by atoms with Crippen LogP contribution in [0.5, 0.6) is 5.75 Å². The number of nitrogens with one attached hydrogen (secondary N) is 4. The molecule has 3 aromatic carbocycles. The van der Waals surface area contributed by atoms with Gasteiger partial charge in [-0.05, 0) is 74.0 Å². The van der Waals surface area contributed by atoms with Crippen molar-refractivity contribution in [3.63, 3.8) is 0 Å². The first-order valence-electron chi connectivity index (χ1n) is 13.2. The second-order valence-corrected chi connectivity index (χ2v) is 11.2. The van der Waals surface area contributed by atoms with Gasteiger partial charge >= 0.3 is 5.97 Å². The molecule has 220 valence electrons. The molecule has 4 rings (SSSR count). The minimum atomic E-state index is -4.16. The number of carbonyl (C=O) groups excluding carboxylic acids is 3. The number of hydrogen-bond acceptors (Lipinski definition) is 7. The van der Waals surface area contributed by atoms with Crippen molar-refractivity contribution < 1.29 is 32.3 Å². The molecule has 4 aromatic rings. The van der Waals surface area contributed by atoms with E-state index in [2.05, 4.69) is 20.3 Å². The van der Waals surface area contributed by atoms with Crippen LogP contribution in [0.15, 0.2) is 83.9 Å². The normalized spacial score (nSPS) is 12.7. The minimum Gasteiger partial charge on any atom is -0.494 e. The standard InChI is InChI=1S/C30H32N4O7S/c1-4-40-24-13-15-25(16-14-24)42(38,39)34-28(17-21-18-31-27-8-6-5-7-26(21)27)30(37)41-19(2)29(36)33-23-11-9-22(10-12-23)32-20(3)35/h5-16,18-19,28,31,34H,4,17H2,1-3H3,(H,32,35)(H,33,36). The summed E-state index contributed by atoms with van der Waals surface area (Å²) in [6, 6.07) is 18.3. The Hall–Kier alpha value is -4.68. The molecule has 12 heteroatoms. The van der Waals surface area contributed by atoms with Gasteiger partial charge in [-0.15, -0.1) is 0 Å². The molecule has 0 radical (unpaired) electrons. The van der Waals surface area contributed by atoms with Gasteiger partial charge < -0.3 is 25.1 Å². The van der Waals surface area contributed by atoms with E-state index in [1.54, 1.807) is 30.5 Å². The number of hydrogen-bond donors (Lipinski definition) is 4. The van der Waals surface area contributed by atoms with Crippen molar-refractivity contribution >= 4 is 50.1 Å². The van der Waals surface area contributed by atoms with Gasteiger partial charge in [0.2, 0.25) is 15.9 Å². The van der Waals surface area contributed by atoms with Crippen molar-refractivity contribution in [2.45, 2.75) is 44.2 Å². The number of anilines is 2. The zero-order chi connectivity index (χ0) is 30.3. The SMILES string of the molecule is CCOc1ccc(S(=O)(=O)NC(Cc2c[nH]c3ccccc23)C(=O)OC(C)C(=O)Nc2ccc(NC(C)=O)cc2)cc1. The Labute approximate surface area is 243 Å². The van der Waals surface area contributed by atoms with Gasteiger partial charge in [0.15, 0.2) is 6.10 Å². The van der Waals surface area contributed by atoms with Crippen LogP contribution in [0.3, 0.4) is 0 Å². The molecule has 0 aliphatic rings. The number of H-pyrrole nitrogens is 1. The van der Waals surface area contributed by atoms with Gasteiger partial charge in [0, 0.05) is 41.8 Å². The number of benzene rings is 3. The average Bonchev–Trinajstić information content (AvgIpc) is 3.36. The predicted octanol–water partition coefficient (Wildman–Crippen LogP) is 3.99. The maximum atomic E-state index is 13.4. The molecule has 42 heavy (non-hydrogen) atoms. The van der Waals surface area contributed by atoms with Gasteiger partial charge in [-0.2, -0.15) is 4.72 Å². The molecule has 4 N–H and O–H groups in total. The molecular formula is C30H32N4O7S. The molecule has 11 nitrogen and oxygen atoms in total. The van der Waals surface area contributed by atoms with E-state index in [1.165, 1.54) is 38.1 Å². The van der Waals surface area contributed by atoms with E-state index < -0.39 is 34.0 Å². The Morgan fingerprint density at radius 2 is 1.55 bits per heavy atom. The molecule has 1 aromatic heterocycles. The number of aromatic amines is 1. The lowest BCUT2D eigenvalue weighted by Crippen LogP contribution is -2.45. The highest BCUT2D eigenvalue weighted by molar-refractivity contribution is 7.89. The quantitative estimate of drug-likeness (QED) is 0.181. The number of carbonyl (C=O) groups is 3. The maximum absolute atomic E-state index is 13.4. The number of para-hydroxylation sites is 1. The molecule has 2 unspecified atom stereocenters. The van der Waals surface area contributed by atoms with Crippen molar-refractivity contribution in [1.82, 2.24) is 9.71 Å². The molecule has 1 heterocycles. The fourth-order valence-corrected chi connectivity index (χ4v) is 5.41. The van der Waals surface area contributed by atoms with Crippen molar-refractivity contribution in [1.29, 1.82) is 0 Å². The van der Waals surface area contributed by atoms with E-state index in [4.69, 9.17) is 9.47 Å². The molecule has 2 amide bonds. The van der Waals surface area contributed by atoms with Crippen molar-refractivity contribution in [3.05, 3.63) is 84.6 Å². The van der Waals surface area contributed by atoms with Gasteiger partial charge in [0.25, 0.3) is 5.91 Å². The summed E-state index contributed by atoms with van der Waals surface area (Å²) in [7, 11) is -4.16. The van der Waals surface area contributed by atoms with Crippen molar-refractivity contribution in [3.8, 4) is 5.75 Å². The molecule has 0 aliphatic heterocycles. The summed E-state index contributed by atoms with van der Waals surface area (Å²) in [6.45, 7) is 5.02. The summed E-state index contributed by atoms with van der Waals surface area (Å²) in [5, 5.41) is 6.09. The number of rotatable bonds is 12. The van der Waals surface area contributed by atoms with Crippen LogP contribution in [0, 0.1) is 0 Å². The Morgan fingerprint density at radius 3 is 2.19 bits per heavy atom. The van der Waals surface area contributed by atoms with Crippen LogP contribution in [0.4, 0.5) is 11.4 Å². The summed E-state index contributed by atoms with van der Waals surface area (Å²) < 4.78 is 39.9. The van der Waals surface area contributed by atoms with Gasteiger partial charge in [0.1, 0.15) is 11.8 Å². The highest BCUT2D eigenvalue weighted by atomic mass is 32.2. The smallest absolute Gasteiger partial charge is 0.325 e. The predicted molar refractivity (Wildman–Crippen MR) is 159 cm³/mol. The number of aromatic nitrogens is 1. The average molecular weight is 593 g/mol. The van der Waals surface area contributed by atoms with Crippen LogP contribution in [-0.2, 0) is 35.6 Å². The van der Waals surface area contributed by atoms with Crippen LogP contribution in [0.2, 0.25) is 0 Å². The summed E-state index contributed by atoms with van der Waals surface area (Å²) in [5.41, 5.74) is 2.49. The molecule has 2 atom stereocenters. The fourth-order valence-electron chi connectivity index (χ4n) is 4.22. The van der Waals surface area contributed by atoms with Crippen LogP contribution in [0.25, 0.3) is 10.9 Å². The molecular weight excluding hydrogens is 560 g/mol. The van der Waals surface area contributed by atoms with Crippen molar-refractivity contribution in [2.24, 2.45) is 0 Å². The van der Waals surface area contributed by atoms with Gasteiger partial charge in [-0.3, -0.25) is 14.4 Å². The zero-order valence-electron chi connectivity index (χ0n) is 23.3. The number of ether oxygens (including phenoxy) is 2. The van der Waals surface area contributed by atoms with Gasteiger partial charge in [-0.25, -0.2) is 8.42 Å². The fraction of sp³-hybridized carbons (Fsp3) is 0.233. The van der Waals surface area contributed by atoms with E-state index >= 15 is 0 Å². The van der Waals surface area contributed by atoms with Crippen LogP contribution in [-0.4, -0.2) is 49.9 Å². The van der Waals surface area contributed by atoms with E-state index in [1.807, 2.05) is 31.2 Å². The first-order valence-corrected chi connectivity index (χ1v) is 14.7. The van der Waals surface area contributed by atoms with Crippen LogP contribution < -0.4 is 20.1 Å². The number of esters is 1. The zero-order valence-corrected chi connectivity index (χ0v) is 24.2. The number of fused-ring (bicyclic) bond motifs is 1. The molecule has 0 saturated carbocycles. The van der Waals surface area contributed by atoms with E-state index in [9.17, 15) is 22.8 Å². The summed E-state index contributed by atoms with van der Waals surface area (Å²) in [4.78, 5) is 40.4. The summed E-state index contributed by atoms with van der Waals surface area (Å²) >= 11 is 0. The third-order valence-electron chi connectivity index (χ3n) is 6.26. The van der Waals surface area contributed by atoms with Gasteiger partial charge in [0.05, 0.1) is 11.5 Å². The minimum absolute atomic E-state index is 0.0297. The molecule has 0 spiro atoms. The summed E-state index contributed by atoms with van der Waals surface area (Å²) in [5.74, 6) is -1.25. The molecule has 0 fully saturated rings. The van der Waals surface area contributed by atoms with E-state index in [0.717, 1.165) is 10.9 Å². The first kappa shape index (κ1) is 30.3. The second kappa shape index (κ2) is 13.3. The highest BCUT2D eigenvalue weighted by Crippen LogP contribution is 2.22. The third-order valence-corrected chi connectivity index (χ3v) is 7.75. The Bertz CT molecular complexity index is 1670. The topological polar surface area (TPSA) is 156 Å². The Balaban J connectivity index is 1.51. The van der Waals surface area contributed by atoms with Crippen LogP contribution >= 0.6 is 0 Å². The maximum Gasteiger partial charge on any atom is 0.325 e. The van der Waals surface area contributed by atoms with E-state index in [0.29, 0.717) is 29.3 Å². The lowest BCUT2D eigenvalue weighted by atomic mass is 10.1. The summed E-state index contributed by atoms with van der Waals surface area (Å²) in [6.07, 6.45) is 0.433. The highest BCUT2D eigenvalue weighted by Gasteiger charge is 2.31. The Morgan fingerprint density at radius 1 is 0.905 bits per heavy atom. The van der Waals surface area contributed by atoms with Crippen molar-refractivity contribution in [2.75, 3.05) is 17.2 Å². The lowest BCUT2D eigenvalue weighted by molar-refractivity contribution is -0.154. The van der Waals surface area contributed by atoms with Gasteiger partial charge in [-0.1, -0.05) is 18.2 Å². The third kappa shape index (κ3) is 7.74. The van der Waals surface area contributed by atoms with E-state index in [-0.39, 0.29) is 17.2 Å². The second-order valence-electron chi connectivity index (χ2n) is 9.47. The Kier molecular flexibility index (Phi) is 9.60. The monoisotopic (exact) mass is 592 g/mol. The number of sulfonamides is 1.